The van der Waals surface area contributed by atoms with Crippen molar-refractivity contribution in [3.63, 3.8) is 0 Å². The van der Waals surface area contributed by atoms with E-state index in [4.69, 9.17) is 4.74 Å². The van der Waals surface area contributed by atoms with Crippen LogP contribution in [0.5, 0.6) is 5.75 Å². The number of carbonyl (C=O) groups excluding carboxylic acids is 2. The molecule has 1 aromatic rings. The maximum Gasteiger partial charge on any atom is 0.344 e. The molecule has 1 heterocycles. The van der Waals surface area contributed by atoms with E-state index >= 15 is 0 Å². The lowest BCUT2D eigenvalue weighted by atomic mass is 9.74. The van der Waals surface area contributed by atoms with Crippen LogP contribution < -0.4 is 10.1 Å². The fourth-order valence-corrected chi connectivity index (χ4v) is 4.80. The van der Waals surface area contributed by atoms with Crippen LogP contribution >= 0.6 is 27.0 Å². The van der Waals surface area contributed by atoms with Gasteiger partial charge in [-0.1, -0.05) is 39.3 Å². The fraction of sp³-hybridized carbons (Fsp3) is 0.615. The minimum atomic E-state index is -2.68. The number of nitrogens with zero attached hydrogens (tertiary/aromatic N) is 1. The number of ether oxygens (including phenoxy) is 1. The van der Waals surface area contributed by atoms with Crippen LogP contribution in [0.25, 0.3) is 0 Å². The zero-order valence-corrected chi connectivity index (χ0v) is 24.5. The van der Waals surface area contributed by atoms with Crippen molar-refractivity contribution < 1.29 is 39.2 Å². The number of benzene rings is 1. The van der Waals surface area contributed by atoms with Crippen LogP contribution in [-0.2, 0) is 24.6 Å². The molecule has 1 aliphatic rings. The number of likely N-dealkylation sites (tertiary alicyclic amines) is 1. The molecule has 1 unspecified atom stereocenters. The Kier molecular flexibility index (Phi) is 14.4. The molecule has 0 saturated carbocycles. The maximum absolute atomic E-state index is 13.0. The molecule has 1 aliphatic heterocycles. The number of hydrogen-bond donors (Lipinski definition) is 4. The number of likely N-dealkylation sites (N-methyl/N-ethyl adjacent to an activating group) is 1. The maximum atomic E-state index is 13.0. The smallest absolute Gasteiger partial charge is 0.344 e. The van der Waals surface area contributed by atoms with Crippen LogP contribution in [0, 0.1) is 5.92 Å². The predicted octanol–water partition coefficient (Wildman–Crippen LogP) is 2.40. The summed E-state index contributed by atoms with van der Waals surface area (Å²) in [7, 11) is 2.07. The van der Waals surface area contributed by atoms with Gasteiger partial charge in [0.2, 0.25) is 5.91 Å². The van der Waals surface area contributed by atoms with Gasteiger partial charge in [0.05, 0.1) is 12.8 Å². The van der Waals surface area contributed by atoms with E-state index in [1.807, 2.05) is 6.07 Å². The number of aliphatic carboxylic acids is 2. The van der Waals surface area contributed by atoms with Gasteiger partial charge in [0, 0.05) is 12.0 Å². The quantitative estimate of drug-likeness (QED) is 0.230. The van der Waals surface area contributed by atoms with Crippen LogP contribution in [0.3, 0.4) is 0 Å². The van der Waals surface area contributed by atoms with Crippen LogP contribution in [0.4, 0.5) is 0 Å². The Morgan fingerprint density at radius 3 is 2.34 bits per heavy atom. The Labute approximate surface area is 238 Å². The number of carbonyl (C=O) groups is 4. The molecule has 0 radical (unpaired) electrons. The monoisotopic (exact) mass is 574 g/mol. The summed E-state index contributed by atoms with van der Waals surface area (Å²) < 4.78 is 5.40. The molecule has 1 amide bonds. The summed E-state index contributed by atoms with van der Waals surface area (Å²) >= 11 is 0. The average Bonchev–Trinajstić information content (AvgIpc) is 2.98. The Balaban J connectivity index is 0.00000684. The van der Waals surface area contributed by atoms with Crippen molar-refractivity contribution in [2.45, 2.75) is 76.4 Å². The lowest BCUT2D eigenvalue weighted by molar-refractivity contribution is -0.165. The third-order valence-corrected chi connectivity index (χ3v) is 6.88. The molecule has 10 nitrogen and oxygen atoms in total. The Morgan fingerprint density at radius 2 is 1.79 bits per heavy atom. The minimum Gasteiger partial charge on any atom is -0.481 e. The van der Waals surface area contributed by atoms with E-state index in [2.05, 4.69) is 24.2 Å². The molecular weight excluding hydrogens is 532 g/mol. The second kappa shape index (κ2) is 15.3. The van der Waals surface area contributed by atoms with Crippen molar-refractivity contribution in [3.05, 3.63) is 29.8 Å². The van der Waals surface area contributed by atoms with Crippen LogP contribution in [-0.4, -0.2) is 75.8 Å². The molecule has 0 aliphatic carbocycles. The lowest BCUT2D eigenvalue weighted by Crippen LogP contribution is -2.51. The van der Waals surface area contributed by atoms with Crippen LogP contribution in [0.15, 0.2) is 24.3 Å². The highest BCUT2D eigenvalue weighted by Gasteiger charge is 2.43. The van der Waals surface area contributed by atoms with E-state index in [9.17, 15) is 34.5 Å². The largest absolute Gasteiger partial charge is 0.481 e. The highest BCUT2D eigenvalue weighted by molar-refractivity contribution is 7.59. The van der Waals surface area contributed by atoms with E-state index in [-0.39, 0.29) is 38.2 Å². The zero-order chi connectivity index (χ0) is 27.1. The number of rotatable bonds is 11. The van der Waals surface area contributed by atoms with Crippen molar-refractivity contribution in [2.24, 2.45) is 5.92 Å². The van der Waals surface area contributed by atoms with E-state index in [0.717, 1.165) is 44.3 Å². The van der Waals surface area contributed by atoms with Crippen LogP contribution in [0.1, 0.15) is 64.9 Å². The lowest BCUT2D eigenvalue weighted by Gasteiger charge is -2.35. The Bertz CT molecular complexity index is 976. The first-order valence-corrected chi connectivity index (χ1v) is 12.3. The van der Waals surface area contributed by atoms with Gasteiger partial charge in [0.1, 0.15) is 11.8 Å². The van der Waals surface area contributed by atoms with Crippen LogP contribution in [0.2, 0.25) is 0 Å². The van der Waals surface area contributed by atoms with Gasteiger partial charge in [-0.3, -0.25) is 9.59 Å². The van der Waals surface area contributed by atoms with E-state index in [1.165, 1.54) is 6.07 Å². The van der Waals surface area contributed by atoms with Gasteiger partial charge in [-0.05, 0) is 56.5 Å². The third-order valence-electron chi connectivity index (χ3n) is 6.88. The summed E-state index contributed by atoms with van der Waals surface area (Å²) in [4.78, 5) is 50.5. The number of carboxylic acid groups (broad SMARTS) is 2. The molecule has 1 aromatic carbocycles. The fourth-order valence-electron chi connectivity index (χ4n) is 4.80. The SMILES string of the molecule is CCC1(c2cccc(OC(=O)[C@](O)(CC(=O)O)CC(=O)N[C@H](C(=O)O)C(C)C)c2)CCCCN(C)C1.S.S. The summed E-state index contributed by atoms with van der Waals surface area (Å²) in [6.45, 7) is 7.12. The molecule has 12 heteroatoms. The summed E-state index contributed by atoms with van der Waals surface area (Å²) in [5, 5.41) is 31.7. The number of esters is 1. The topological polar surface area (TPSA) is 153 Å². The third kappa shape index (κ3) is 9.48. The Hall–Kier alpha value is -2.28. The normalized spacial score (nSPS) is 20.1. The number of aliphatic hydroxyl groups is 1. The first-order valence-electron chi connectivity index (χ1n) is 12.3. The molecule has 0 aromatic heterocycles. The molecule has 1 saturated heterocycles. The van der Waals surface area contributed by atoms with E-state index < -0.39 is 54.2 Å². The molecule has 4 N–H and O–H groups in total. The molecule has 2 rings (SSSR count). The molecular formula is C26H42N2O8S2. The molecule has 0 spiro atoms. The molecule has 38 heavy (non-hydrogen) atoms. The van der Waals surface area contributed by atoms with Gasteiger partial charge >= 0.3 is 17.9 Å². The number of nitrogens with one attached hydrogen (secondary N) is 1. The summed E-state index contributed by atoms with van der Waals surface area (Å²) in [6.07, 6.45) is 1.95. The predicted molar refractivity (Wildman–Crippen MR) is 152 cm³/mol. The highest BCUT2D eigenvalue weighted by atomic mass is 32.1. The average molecular weight is 575 g/mol. The van der Waals surface area contributed by atoms with Crippen molar-refractivity contribution in [2.75, 3.05) is 20.1 Å². The van der Waals surface area contributed by atoms with Crippen molar-refractivity contribution in [3.8, 4) is 5.75 Å². The molecule has 3 atom stereocenters. The minimum absolute atomic E-state index is 0. The van der Waals surface area contributed by atoms with Gasteiger partial charge < -0.3 is 30.3 Å². The summed E-state index contributed by atoms with van der Waals surface area (Å²) in [5.41, 5.74) is -1.85. The van der Waals surface area contributed by atoms with E-state index in [1.54, 1.807) is 26.0 Å². The van der Waals surface area contributed by atoms with Gasteiger partial charge in [-0.25, -0.2) is 9.59 Å². The summed E-state index contributed by atoms with van der Waals surface area (Å²) in [5.74, 6) is -5.40. The van der Waals surface area contributed by atoms with Crippen molar-refractivity contribution >= 4 is 50.8 Å². The van der Waals surface area contributed by atoms with Gasteiger partial charge in [0.25, 0.3) is 0 Å². The molecule has 1 fully saturated rings. The van der Waals surface area contributed by atoms with Crippen molar-refractivity contribution in [1.82, 2.24) is 10.2 Å². The second-order valence-corrected chi connectivity index (χ2v) is 10.2. The highest BCUT2D eigenvalue weighted by Crippen LogP contribution is 2.38. The van der Waals surface area contributed by atoms with Gasteiger partial charge in [-0.2, -0.15) is 27.0 Å². The first kappa shape index (κ1) is 35.7. The van der Waals surface area contributed by atoms with Gasteiger partial charge in [-0.15, -0.1) is 0 Å². The first-order chi connectivity index (χ1) is 16.8. The van der Waals surface area contributed by atoms with E-state index in [0.29, 0.717) is 0 Å². The number of hydrogen-bond acceptors (Lipinski definition) is 7. The molecule has 216 valence electrons. The van der Waals surface area contributed by atoms with Gasteiger partial charge in [0.15, 0.2) is 5.60 Å². The second-order valence-electron chi connectivity index (χ2n) is 10.2. The number of amides is 1. The Morgan fingerprint density at radius 1 is 1.13 bits per heavy atom. The number of carboxylic acids is 2. The van der Waals surface area contributed by atoms with Crippen molar-refractivity contribution in [1.29, 1.82) is 0 Å². The summed E-state index contributed by atoms with van der Waals surface area (Å²) in [6, 6.07) is 5.70. The zero-order valence-electron chi connectivity index (χ0n) is 22.5. The standard InChI is InChI=1S/C26H38N2O8.2H2S/c1-5-25(11-6-7-12-28(4)16-25)18-9-8-10-19(13-18)36-24(34)26(35,15-21(30)31)14-20(29)27-22(17(2)3)23(32)33;;/h8-10,13,17,22,35H,5-7,11-12,14-16H2,1-4H3,(H,27,29)(H,30,31)(H,32,33);2*1H2/t22-,25?,26+;;/m0../s1. The molecule has 0 bridgehead atoms.